The average Bonchev–Trinajstić information content (AvgIpc) is 2.71. The minimum absolute atomic E-state index is 0.233. The maximum absolute atomic E-state index is 12.2. The number of ether oxygens (including phenoxy) is 3. The normalized spacial score (nSPS) is 12.0. The first-order chi connectivity index (χ1) is 13.1. The number of carbonyl (C=O) groups is 2. The molecule has 0 saturated carbocycles. The second-order valence-electron chi connectivity index (χ2n) is 6.00. The molecule has 7 heteroatoms. The summed E-state index contributed by atoms with van der Waals surface area (Å²) in [6.07, 6.45) is 0. The second-order valence-corrected chi connectivity index (χ2v) is 6.00. The Morgan fingerprint density at radius 1 is 1.15 bits per heavy atom. The minimum atomic E-state index is -0.645. The Bertz CT molecular complexity index is 903. The lowest BCUT2D eigenvalue weighted by Crippen LogP contribution is -2.30. The summed E-state index contributed by atoms with van der Waals surface area (Å²) in [7, 11) is 1.63. The predicted octanol–water partition coefficient (Wildman–Crippen LogP) is 2.14. The van der Waals surface area contributed by atoms with Gasteiger partial charge >= 0.3 is 5.97 Å². The molecule has 1 aliphatic heterocycles. The topological polar surface area (TPSA) is 88.9 Å². The number of hydrogen-bond acceptors (Lipinski definition) is 6. The molecule has 0 radical (unpaired) electrons. The lowest BCUT2D eigenvalue weighted by Gasteiger charge is -2.21. The van der Waals surface area contributed by atoms with Crippen LogP contribution in [0.15, 0.2) is 42.5 Å². The summed E-state index contributed by atoms with van der Waals surface area (Å²) in [5.74, 6) is 0.360. The van der Waals surface area contributed by atoms with Gasteiger partial charge in [-0.15, -0.1) is 0 Å². The first-order valence-corrected chi connectivity index (χ1v) is 8.36. The van der Waals surface area contributed by atoms with Gasteiger partial charge in [0.05, 0.1) is 17.2 Å². The monoisotopic (exact) mass is 366 g/mol. The van der Waals surface area contributed by atoms with Crippen LogP contribution in [0.5, 0.6) is 11.5 Å². The van der Waals surface area contributed by atoms with Gasteiger partial charge in [0.1, 0.15) is 13.2 Å². The summed E-state index contributed by atoms with van der Waals surface area (Å²) in [6.45, 7) is 0.981. The summed E-state index contributed by atoms with van der Waals surface area (Å²) >= 11 is 0. The number of rotatable bonds is 5. The van der Waals surface area contributed by atoms with Crippen molar-refractivity contribution in [3.8, 4) is 17.6 Å². The zero-order valence-electron chi connectivity index (χ0n) is 14.8. The van der Waals surface area contributed by atoms with Gasteiger partial charge in [0.15, 0.2) is 18.1 Å². The average molecular weight is 366 g/mol. The predicted molar refractivity (Wildman–Crippen MR) is 95.3 cm³/mol. The molecule has 2 aromatic carbocycles. The molecule has 1 heterocycles. The van der Waals surface area contributed by atoms with E-state index in [-0.39, 0.29) is 18.1 Å². The van der Waals surface area contributed by atoms with Crippen LogP contribution in [0.1, 0.15) is 21.5 Å². The molecule has 0 unspecified atom stereocenters. The van der Waals surface area contributed by atoms with Crippen LogP contribution < -0.4 is 9.47 Å². The van der Waals surface area contributed by atoms with Crippen LogP contribution >= 0.6 is 0 Å². The highest BCUT2D eigenvalue weighted by Crippen LogP contribution is 2.31. The van der Waals surface area contributed by atoms with Crippen molar-refractivity contribution in [1.29, 1.82) is 5.26 Å². The molecule has 3 rings (SSSR count). The molecule has 7 nitrogen and oxygen atoms in total. The highest BCUT2D eigenvalue weighted by molar-refractivity contribution is 5.91. The van der Waals surface area contributed by atoms with Gasteiger partial charge in [0.25, 0.3) is 5.91 Å². The maximum atomic E-state index is 12.2. The lowest BCUT2D eigenvalue weighted by atomic mass is 10.1. The standard InChI is InChI=1S/C20H18N2O5/c1-22(12-15-5-6-17-18(10-15)26-8-7-25-17)19(23)13-27-20(24)16-4-2-3-14(9-16)11-21/h2-6,9-10H,7-8,12-13H2,1H3. The number of fused-ring (bicyclic) bond motifs is 1. The zero-order valence-corrected chi connectivity index (χ0v) is 14.8. The van der Waals surface area contributed by atoms with Crippen LogP contribution in [0.25, 0.3) is 0 Å². The summed E-state index contributed by atoms with van der Waals surface area (Å²) in [5, 5.41) is 8.87. The van der Waals surface area contributed by atoms with E-state index in [0.717, 1.165) is 5.56 Å². The van der Waals surface area contributed by atoms with E-state index >= 15 is 0 Å². The Labute approximate surface area is 156 Å². The van der Waals surface area contributed by atoms with Gasteiger partial charge in [-0.2, -0.15) is 5.26 Å². The molecule has 27 heavy (non-hydrogen) atoms. The van der Waals surface area contributed by atoms with Crippen molar-refractivity contribution in [2.24, 2.45) is 0 Å². The molecule has 0 fully saturated rings. The Morgan fingerprint density at radius 3 is 2.70 bits per heavy atom. The first-order valence-electron chi connectivity index (χ1n) is 8.36. The molecule has 0 N–H and O–H groups in total. The van der Waals surface area contributed by atoms with Gasteiger partial charge in [-0.3, -0.25) is 4.79 Å². The number of amides is 1. The lowest BCUT2D eigenvalue weighted by molar-refractivity contribution is -0.133. The van der Waals surface area contributed by atoms with Crippen molar-refractivity contribution in [3.63, 3.8) is 0 Å². The number of nitriles is 1. The number of benzene rings is 2. The van der Waals surface area contributed by atoms with E-state index in [1.807, 2.05) is 24.3 Å². The molecule has 0 saturated heterocycles. The number of hydrogen-bond donors (Lipinski definition) is 0. The van der Waals surface area contributed by atoms with Gasteiger partial charge in [0, 0.05) is 13.6 Å². The molecule has 138 valence electrons. The minimum Gasteiger partial charge on any atom is -0.486 e. The fraction of sp³-hybridized carbons (Fsp3) is 0.250. The van der Waals surface area contributed by atoms with Crippen LogP contribution in [0.3, 0.4) is 0 Å². The highest BCUT2D eigenvalue weighted by Gasteiger charge is 2.16. The first kappa shape index (κ1) is 18.3. The summed E-state index contributed by atoms with van der Waals surface area (Å²) in [5.41, 5.74) is 1.46. The Kier molecular flexibility index (Phi) is 5.57. The smallest absolute Gasteiger partial charge is 0.338 e. The molecular formula is C20H18N2O5. The number of nitrogens with zero attached hydrogens (tertiary/aromatic N) is 2. The molecule has 2 aromatic rings. The van der Waals surface area contributed by atoms with Gasteiger partial charge in [-0.1, -0.05) is 12.1 Å². The number of esters is 1. The van der Waals surface area contributed by atoms with Gasteiger partial charge in [-0.25, -0.2) is 4.79 Å². The molecule has 0 aromatic heterocycles. The van der Waals surface area contributed by atoms with E-state index in [1.54, 1.807) is 19.2 Å². The molecular weight excluding hydrogens is 348 g/mol. The Hall–Kier alpha value is -3.53. The third-order valence-electron chi connectivity index (χ3n) is 4.01. The zero-order chi connectivity index (χ0) is 19.2. The third-order valence-corrected chi connectivity index (χ3v) is 4.01. The van der Waals surface area contributed by atoms with Crippen molar-refractivity contribution in [1.82, 2.24) is 4.90 Å². The fourth-order valence-corrected chi connectivity index (χ4v) is 2.58. The maximum Gasteiger partial charge on any atom is 0.338 e. The molecule has 0 atom stereocenters. The van der Waals surface area contributed by atoms with Crippen molar-refractivity contribution >= 4 is 11.9 Å². The summed E-state index contributed by atoms with van der Waals surface area (Å²) < 4.78 is 16.1. The van der Waals surface area contributed by atoms with E-state index in [2.05, 4.69) is 0 Å². The largest absolute Gasteiger partial charge is 0.486 e. The SMILES string of the molecule is CN(Cc1ccc2c(c1)OCCO2)C(=O)COC(=O)c1cccc(C#N)c1. The van der Waals surface area contributed by atoms with Gasteiger partial charge in [0.2, 0.25) is 0 Å². The molecule has 1 aliphatic rings. The molecule has 1 amide bonds. The summed E-state index contributed by atoms with van der Waals surface area (Å²) in [4.78, 5) is 25.7. The van der Waals surface area contributed by atoms with Crippen LogP contribution in [-0.4, -0.2) is 43.6 Å². The van der Waals surface area contributed by atoms with Crippen LogP contribution in [0.2, 0.25) is 0 Å². The van der Waals surface area contributed by atoms with Crippen LogP contribution in [0, 0.1) is 11.3 Å². The second kappa shape index (κ2) is 8.23. The number of carbonyl (C=O) groups excluding carboxylic acids is 2. The van der Waals surface area contributed by atoms with E-state index in [0.29, 0.717) is 36.8 Å². The Balaban J connectivity index is 1.54. The third kappa shape index (κ3) is 4.55. The molecule has 0 bridgehead atoms. The van der Waals surface area contributed by atoms with E-state index in [1.165, 1.54) is 17.0 Å². The highest BCUT2D eigenvalue weighted by atomic mass is 16.6. The fourth-order valence-electron chi connectivity index (χ4n) is 2.58. The van der Waals surface area contributed by atoms with Gasteiger partial charge in [-0.05, 0) is 35.9 Å². The molecule has 0 spiro atoms. The molecule has 0 aliphatic carbocycles. The van der Waals surface area contributed by atoms with Crippen molar-refractivity contribution < 1.29 is 23.8 Å². The quantitative estimate of drug-likeness (QED) is 0.754. The van der Waals surface area contributed by atoms with Crippen LogP contribution in [0.4, 0.5) is 0 Å². The number of likely N-dealkylation sites (N-methyl/N-ethyl adjacent to an activating group) is 1. The Morgan fingerprint density at radius 2 is 1.93 bits per heavy atom. The van der Waals surface area contributed by atoms with Crippen molar-refractivity contribution in [3.05, 3.63) is 59.2 Å². The van der Waals surface area contributed by atoms with Crippen molar-refractivity contribution in [2.45, 2.75) is 6.54 Å². The van der Waals surface area contributed by atoms with E-state index in [4.69, 9.17) is 19.5 Å². The summed E-state index contributed by atoms with van der Waals surface area (Å²) in [6, 6.07) is 13.6. The van der Waals surface area contributed by atoms with Crippen LogP contribution in [-0.2, 0) is 16.1 Å². The van der Waals surface area contributed by atoms with Gasteiger partial charge < -0.3 is 19.1 Å². The van der Waals surface area contributed by atoms with E-state index < -0.39 is 5.97 Å². The van der Waals surface area contributed by atoms with Crippen molar-refractivity contribution in [2.75, 3.05) is 26.9 Å². The van der Waals surface area contributed by atoms with E-state index in [9.17, 15) is 9.59 Å².